The number of hydrogen-bond donors (Lipinski definition) is 0. The molecule has 23 heavy (non-hydrogen) atoms. The van der Waals surface area contributed by atoms with E-state index in [1.165, 1.54) is 6.33 Å². The van der Waals surface area contributed by atoms with Crippen molar-refractivity contribution in [2.45, 2.75) is 58.1 Å². The zero-order valence-corrected chi connectivity index (χ0v) is 15.1. The fourth-order valence-electron chi connectivity index (χ4n) is 2.83. The van der Waals surface area contributed by atoms with Crippen LogP contribution in [0.15, 0.2) is 17.1 Å². The van der Waals surface area contributed by atoms with E-state index in [-0.39, 0.29) is 12.1 Å². The average molecular weight is 382 g/mol. The number of nitrogens with zero attached hydrogens (tertiary/aromatic N) is 5. The van der Waals surface area contributed by atoms with Crippen molar-refractivity contribution >= 4 is 33.5 Å². The van der Waals surface area contributed by atoms with Crippen LogP contribution in [0.3, 0.4) is 0 Å². The Kier molecular flexibility index (Phi) is 4.27. The van der Waals surface area contributed by atoms with Gasteiger partial charge in [0.15, 0.2) is 11.5 Å². The summed E-state index contributed by atoms with van der Waals surface area (Å²) in [4.78, 5) is 23.1. The molecule has 0 saturated heterocycles. The Balaban J connectivity index is 2.04. The summed E-state index contributed by atoms with van der Waals surface area (Å²) in [5, 5.41) is 4.16. The molecule has 2 aromatic rings. The molecule has 0 spiro atoms. The molecule has 0 N–H and O–H groups in total. The lowest BCUT2D eigenvalue weighted by molar-refractivity contribution is 0.0565. The van der Waals surface area contributed by atoms with E-state index in [1.54, 1.807) is 15.6 Å². The number of carbonyl (C=O) groups excluding carboxylic acids is 1. The van der Waals surface area contributed by atoms with E-state index in [9.17, 15) is 4.79 Å². The SMILES string of the molecule is CC(C)(C)OC(=O)N(c1ncnn2c(Br)cnc12)C1CCCC1. The molecule has 3 rings (SSSR count). The standard InChI is InChI=1S/C15H20BrN5O2/c1-15(2,3)23-14(22)20(10-6-4-5-7-10)12-13-17-8-11(16)21(13)19-9-18-12/h8-10H,4-7H2,1-3H3. The lowest BCUT2D eigenvalue weighted by Gasteiger charge is -2.30. The molecule has 0 aliphatic heterocycles. The van der Waals surface area contributed by atoms with E-state index in [4.69, 9.17) is 4.74 Å². The predicted molar refractivity (Wildman–Crippen MR) is 89.5 cm³/mol. The van der Waals surface area contributed by atoms with Gasteiger partial charge in [-0.2, -0.15) is 5.10 Å². The molecule has 2 heterocycles. The van der Waals surface area contributed by atoms with Crippen molar-refractivity contribution < 1.29 is 9.53 Å². The first kappa shape index (κ1) is 16.2. The van der Waals surface area contributed by atoms with E-state index in [0.717, 1.165) is 25.7 Å². The van der Waals surface area contributed by atoms with Crippen LogP contribution < -0.4 is 4.90 Å². The minimum Gasteiger partial charge on any atom is -0.443 e. The van der Waals surface area contributed by atoms with Gasteiger partial charge in [-0.1, -0.05) is 12.8 Å². The Labute approximate surface area is 143 Å². The van der Waals surface area contributed by atoms with Gasteiger partial charge in [-0.15, -0.1) is 0 Å². The van der Waals surface area contributed by atoms with Gasteiger partial charge in [-0.3, -0.25) is 4.90 Å². The fourth-order valence-corrected chi connectivity index (χ4v) is 3.19. The van der Waals surface area contributed by atoms with Crippen molar-refractivity contribution in [3.05, 3.63) is 17.1 Å². The fraction of sp³-hybridized carbons (Fsp3) is 0.600. The number of aromatic nitrogens is 4. The van der Waals surface area contributed by atoms with Gasteiger partial charge in [0, 0.05) is 6.04 Å². The summed E-state index contributed by atoms with van der Waals surface area (Å²) in [5.41, 5.74) is -0.0232. The first-order valence-electron chi connectivity index (χ1n) is 7.73. The van der Waals surface area contributed by atoms with Crippen molar-refractivity contribution in [3.8, 4) is 0 Å². The lowest BCUT2D eigenvalue weighted by Crippen LogP contribution is -2.43. The van der Waals surface area contributed by atoms with E-state index in [1.807, 2.05) is 20.8 Å². The third kappa shape index (κ3) is 3.31. The second kappa shape index (κ2) is 6.07. The molecular formula is C15H20BrN5O2. The summed E-state index contributed by atoms with van der Waals surface area (Å²) >= 11 is 3.40. The number of ether oxygens (including phenoxy) is 1. The topological polar surface area (TPSA) is 72.6 Å². The van der Waals surface area contributed by atoms with Crippen LogP contribution in [0.4, 0.5) is 10.6 Å². The highest BCUT2D eigenvalue weighted by molar-refractivity contribution is 9.10. The molecule has 1 saturated carbocycles. The number of amides is 1. The van der Waals surface area contributed by atoms with Gasteiger partial charge in [0.2, 0.25) is 0 Å². The van der Waals surface area contributed by atoms with Crippen LogP contribution in [-0.4, -0.2) is 37.3 Å². The number of imidazole rings is 1. The Bertz CT molecular complexity index is 718. The molecule has 0 aromatic carbocycles. The zero-order chi connectivity index (χ0) is 16.6. The molecule has 0 bridgehead atoms. The van der Waals surface area contributed by atoms with Gasteiger partial charge in [0.05, 0.1) is 6.20 Å². The minimum atomic E-state index is -0.562. The Morgan fingerprint density at radius 3 is 2.70 bits per heavy atom. The summed E-state index contributed by atoms with van der Waals surface area (Å²) in [6.07, 6.45) is 6.78. The summed E-state index contributed by atoms with van der Waals surface area (Å²) in [6, 6.07) is 0.0824. The third-order valence-electron chi connectivity index (χ3n) is 3.75. The molecule has 7 nitrogen and oxygen atoms in total. The average Bonchev–Trinajstić information content (AvgIpc) is 3.09. The van der Waals surface area contributed by atoms with Gasteiger partial charge in [-0.25, -0.2) is 19.3 Å². The van der Waals surface area contributed by atoms with E-state index in [2.05, 4.69) is 31.0 Å². The molecule has 0 atom stereocenters. The molecule has 0 radical (unpaired) electrons. The van der Waals surface area contributed by atoms with Crippen molar-refractivity contribution in [1.29, 1.82) is 0 Å². The number of halogens is 1. The van der Waals surface area contributed by atoms with E-state index in [0.29, 0.717) is 16.1 Å². The second-order valence-electron chi connectivity index (χ2n) is 6.69. The minimum absolute atomic E-state index is 0.0824. The van der Waals surface area contributed by atoms with Crippen LogP contribution in [0.5, 0.6) is 0 Å². The third-order valence-corrected chi connectivity index (χ3v) is 4.29. The summed E-state index contributed by atoms with van der Waals surface area (Å²) in [6.45, 7) is 5.58. The van der Waals surface area contributed by atoms with Crippen LogP contribution in [0, 0.1) is 0 Å². The maximum absolute atomic E-state index is 12.8. The molecule has 1 aliphatic rings. The molecule has 1 amide bonds. The molecule has 2 aromatic heterocycles. The maximum atomic E-state index is 12.8. The van der Waals surface area contributed by atoms with Gasteiger partial charge in [0.1, 0.15) is 16.5 Å². The first-order chi connectivity index (χ1) is 10.9. The van der Waals surface area contributed by atoms with Gasteiger partial charge in [0.25, 0.3) is 0 Å². The Morgan fingerprint density at radius 2 is 2.04 bits per heavy atom. The van der Waals surface area contributed by atoms with Crippen LogP contribution in [-0.2, 0) is 4.74 Å². The van der Waals surface area contributed by atoms with Crippen LogP contribution in [0.25, 0.3) is 5.65 Å². The molecule has 8 heteroatoms. The predicted octanol–water partition coefficient (Wildman–Crippen LogP) is 3.57. The van der Waals surface area contributed by atoms with Crippen LogP contribution in [0.2, 0.25) is 0 Å². The molecular weight excluding hydrogens is 362 g/mol. The quantitative estimate of drug-likeness (QED) is 0.794. The molecule has 1 aliphatic carbocycles. The number of rotatable bonds is 2. The number of anilines is 1. The van der Waals surface area contributed by atoms with Crippen molar-refractivity contribution in [1.82, 2.24) is 19.6 Å². The highest BCUT2D eigenvalue weighted by Gasteiger charge is 2.34. The maximum Gasteiger partial charge on any atom is 0.416 e. The molecule has 124 valence electrons. The van der Waals surface area contributed by atoms with Crippen molar-refractivity contribution in [3.63, 3.8) is 0 Å². The van der Waals surface area contributed by atoms with Crippen LogP contribution in [0.1, 0.15) is 46.5 Å². The van der Waals surface area contributed by atoms with Crippen LogP contribution >= 0.6 is 15.9 Å². The van der Waals surface area contributed by atoms with Gasteiger partial charge < -0.3 is 4.74 Å². The number of hydrogen-bond acceptors (Lipinski definition) is 5. The number of fused-ring (bicyclic) bond motifs is 1. The Hall–Kier alpha value is -1.70. The summed E-state index contributed by atoms with van der Waals surface area (Å²) in [7, 11) is 0. The smallest absolute Gasteiger partial charge is 0.416 e. The van der Waals surface area contributed by atoms with E-state index >= 15 is 0 Å². The van der Waals surface area contributed by atoms with Gasteiger partial charge >= 0.3 is 6.09 Å². The lowest BCUT2D eigenvalue weighted by atomic mass is 10.2. The first-order valence-corrected chi connectivity index (χ1v) is 8.52. The van der Waals surface area contributed by atoms with Crippen molar-refractivity contribution in [2.75, 3.05) is 4.90 Å². The summed E-state index contributed by atoms with van der Waals surface area (Å²) < 4.78 is 7.93. The zero-order valence-electron chi connectivity index (χ0n) is 13.5. The summed E-state index contributed by atoms with van der Waals surface area (Å²) in [5.74, 6) is 0.492. The van der Waals surface area contributed by atoms with E-state index < -0.39 is 5.60 Å². The highest BCUT2D eigenvalue weighted by atomic mass is 79.9. The van der Waals surface area contributed by atoms with Crippen molar-refractivity contribution in [2.24, 2.45) is 0 Å². The highest BCUT2D eigenvalue weighted by Crippen LogP contribution is 2.31. The Morgan fingerprint density at radius 1 is 1.35 bits per heavy atom. The second-order valence-corrected chi connectivity index (χ2v) is 7.50. The molecule has 1 fully saturated rings. The number of carbonyl (C=O) groups is 1. The monoisotopic (exact) mass is 381 g/mol. The van der Waals surface area contributed by atoms with Gasteiger partial charge in [-0.05, 0) is 49.5 Å². The largest absolute Gasteiger partial charge is 0.443 e. The molecule has 0 unspecified atom stereocenters. The normalized spacial score (nSPS) is 16.0.